The molecular formula is C12H16BrN. The van der Waals surface area contributed by atoms with Gasteiger partial charge in [0.15, 0.2) is 0 Å². The number of hydrogen-bond donors (Lipinski definition) is 1. The van der Waals surface area contributed by atoms with Crippen molar-refractivity contribution in [1.82, 2.24) is 5.32 Å². The van der Waals surface area contributed by atoms with Crippen molar-refractivity contribution in [2.24, 2.45) is 5.92 Å². The van der Waals surface area contributed by atoms with E-state index in [9.17, 15) is 0 Å². The van der Waals surface area contributed by atoms with Gasteiger partial charge in [-0.25, -0.2) is 0 Å². The maximum absolute atomic E-state index is 3.62. The molecule has 0 amide bonds. The summed E-state index contributed by atoms with van der Waals surface area (Å²) in [5.74, 6) is 0.795. The summed E-state index contributed by atoms with van der Waals surface area (Å²) in [7, 11) is 0. The molecule has 0 radical (unpaired) electrons. The van der Waals surface area contributed by atoms with Gasteiger partial charge in [-0.1, -0.05) is 35.0 Å². The molecule has 2 rings (SSSR count). The van der Waals surface area contributed by atoms with Crippen LogP contribution in [0.4, 0.5) is 0 Å². The van der Waals surface area contributed by atoms with E-state index in [0.29, 0.717) is 0 Å². The summed E-state index contributed by atoms with van der Waals surface area (Å²) < 4.78 is 1.29. The van der Waals surface area contributed by atoms with Gasteiger partial charge >= 0.3 is 0 Å². The second-order valence-corrected chi connectivity index (χ2v) is 4.81. The van der Waals surface area contributed by atoms with Crippen LogP contribution >= 0.6 is 15.9 Å². The van der Waals surface area contributed by atoms with Crippen LogP contribution in [0.2, 0.25) is 0 Å². The molecule has 0 spiro atoms. The zero-order valence-corrected chi connectivity index (χ0v) is 10.1. The van der Waals surface area contributed by atoms with Crippen LogP contribution in [0.3, 0.4) is 0 Å². The molecular weight excluding hydrogens is 238 g/mol. The lowest BCUT2D eigenvalue weighted by atomic mass is 10.1. The number of benzene rings is 1. The van der Waals surface area contributed by atoms with Gasteiger partial charge in [0, 0.05) is 4.47 Å². The predicted octanol–water partition coefficient (Wildman–Crippen LogP) is 2.77. The van der Waals surface area contributed by atoms with Crippen LogP contribution in [0.5, 0.6) is 0 Å². The van der Waals surface area contributed by atoms with E-state index in [2.05, 4.69) is 46.4 Å². The summed E-state index contributed by atoms with van der Waals surface area (Å²) in [4.78, 5) is 0. The zero-order chi connectivity index (χ0) is 9.97. The van der Waals surface area contributed by atoms with Gasteiger partial charge in [0.1, 0.15) is 0 Å². The summed E-state index contributed by atoms with van der Waals surface area (Å²) >= 11 is 3.62. The third-order valence-electron chi connectivity index (χ3n) is 2.90. The van der Waals surface area contributed by atoms with Gasteiger partial charge in [0.25, 0.3) is 0 Å². The van der Waals surface area contributed by atoms with Crippen LogP contribution in [0, 0.1) is 5.92 Å². The lowest BCUT2D eigenvalue weighted by molar-refractivity contribution is 0.507. The van der Waals surface area contributed by atoms with Crippen molar-refractivity contribution in [3.05, 3.63) is 33.8 Å². The first kappa shape index (κ1) is 10.2. The van der Waals surface area contributed by atoms with Crippen molar-refractivity contribution in [1.29, 1.82) is 0 Å². The van der Waals surface area contributed by atoms with E-state index >= 15 is 0 Å². The average molecular weight is 254 g/mol. The van der Waals surface area contributed by atoms with Crippen molar-refractivity contribution in [3.63, 3.8) is 0 Å². The van der Waals surface area contributed by atoms with Gasteiger partial charge in [-0.2, -0.15) is 0 Å². The molecule has 1 atom stereocenters. The minimum Gasteiger partial charge on any atom is -0.317 e. The highest BCUT2D eigenvalue weighted by molar-refractivity contribution is 9.10. The molecule has 1 aliphatic carbocycles. The van der Waals surface area contributed by atoms with Gasteiger partial charge in [-0.15, -0.1) is 0 Å². The van der Waals surface area contributed by atoms with E-state index in [1.165, 1.54) is 28.4 Å². The van der Waals surface area contributed by atoms with E-state index < -0.39 is 0 Å². The number of rotatable bonds is 3. The molecule has 0 saturated heterocycles. The SMILES string of the molecule is CCNCC1Cc2cccc(Br)c2C1. The van der Waals surface area contributed by atoms with Crippen molar-refractivity contribution in [3.8, 4) is 0 Å². The summed E-state index contributed by atoms with van der Waals surface area (Å²) in [5, 5.41) is 3.43. The number of fused-ring (bicyclic) bond motifs is 1. The molecule has 1 N–H and O–H groups in total. The number of nitrogens with one attached hydrogen (secondary N) is 1. The molecule has 76 valence electrons. The Morgan fingerprint density at radius 3 is 3.00 bits per heavy atom. The maximum Gasteiger partial charge on any atom is 0.0210 e. The molecule has 1 nitrogen and oxygen atoms in total. The van der Waals surface area contributed by atoms with Crippen molar-refractivity contribution >= 4 is 15.9 Å². The normalized spacial score (nSPS) is 19.7. The molecule has 14 heavy (non-hydrogen) atoms. The number of halogens is 1. The van der Waals surface area contributed by atoms with E-state index in [0.717, 1.165) is 19.0 Å². The Hall–Kier alpha value is -0.340. The lowest BCUT2D eigenvalue weighted by Gasteiger charge is -2.08. The summed E-state index contributed by atoms with van der Waals surface area (Å²) in [6.45, 7) is 4.39. The molecule has 1 aliphatic rings. The highest BCUT2D eigenvalue weighted by Crippen LogP contribution is 2.31. The quantitative estimate of drug-likeness (QED) is 0.874. The highest BCUT2D eigenvalue weighted by atomic mass is 79.9. The first-order valence-corrected chi connectivity index (χ1v) is 6.07. The maximum atomic E-state index is 3.62. The largest absolute Gasteiger partial charge is 0.317 e. The Balaban J connectivity index is 2.06. The Labute approximate surface area is 94.0 Å². The second-order valence-electron chi connectivity index (χ2n) is 3.96. The molecule has 1 aromatic rings. The smallest absolute Gasteiger partial charge is 0.0210 e. The Kier molecular flexibility index (Phi) is 3.24. The Morgan fingerprint density at radius 2 is 2.29 bits per heavy atom. The molecule has 0 aromatic heterocycles. The molecule has 0 bridgehead atoms. The Bertz CT molecular complexity index is 322. The molecule has 1 aromatic carbocycles. The van der Waals surface area contributed by atoms with E-state index in [1.54, 1.807) is 0 Å². The van der Waals surface area contributed by atoms with E-state index in [-0.39, 0.29) is 0 Å². The van der Waals surface area contributed by atoms with Gasteiger partial charge in [0.2, 0.25) is 0 Å². The van der Waals surface area contributed by atoms with Crippen molar-refractivity contribution in [2.75, 3.05) is 13.1 Å². The fourth-order valence-corrected chi connectivity index (χ4v) is 2.76. The molecule has 0 fully saturated rings. The van der Waals surface area contributed by atoms with Crippen LogP contribution in [-0.2, 0) is 12.8 Å². The predicted molar refractivity (Wildman–Crippen MR) is 63.6 cm³/mol. The Morgan fingerprint density at radius 1 is 1.43 bits per heavy atom. The third-order valence-corrected chi connectivity index (χ3v) is 3.64. The summed E-state index contributed by atoms with van der Waals surface area (Å²) in [5.41, 5.74) is 3.05. The van der Waals surface area contributed by atoms with Crippen LogP contribution in [-0.4, -0.2) is 13.1 Å². The third kappa shape index (κ3) is 2.01. The number of hydrogen-bond acceptors (Lipinski definition) is 1. The van der Waals surface area contributed by atoms with Crippen molar-refractivity contribution in [2.45, 2.75) is 19.8 Å². The van der Waals surface area contributed by atoms with Crippen LogP contribution in [0.15, 0.2) is 22.7 Å². The van der Waals surface area contributed by atoms with Gasteiger partial charge in [-0.3, -0.25) is 0 Å². The molecule has 2 heteroatoms. The molecule has 1 unspecified atom stereocenters. The van der Waals surface area contributed by atoms with E-state index in [1.807, 2.05) is 0 Å². The van der Waals surface area contributed by atoms with Crippen LogP contribution < -0.4 is 5.32 Å². The highest BCUT2D eigenvalue weighted by Gasteiger charge is 2.22. The second kappa shape index (κ2) is 4.45. The fourth-order valence-electron chi connectivity index (χ4n) is 2.19. The minimum atomic E-state index is 0.795. The first-order chi connectivity index (χ1) is 6.81. The standard InChI is InChI=1S/C12H16BrN/c1-2-14-8-9-6-10-4-3-5-12(13)11(10)7-9/h3-5,9,14H,2,6-8H2,1H3. The molecule has 0 saturated carbocycles. The topological polar surface area (TPSA) is 12.0 Å². The van der Waals surface area contributed by atoms with Crippen molar-refractivity contribution < 1.29 is 0 Å². The molecule has 0 aliphatic heterocycles. The van der Waals surface area contributed by atoms with Crippen LogP contribution in [0.1, 0.15) is 18.1 Å². The summed E-state index contributed by atoms with van der Waals surface area (Å²) in [6.07, 6.45) is 2.46. The average Bonchev–Trinajstić information content (AvgIpc) is 2.59. The fraction of sp³-hybridized carbons (Fsp3) is 0.500. The zero-order valence-electron chi connectivity index (χ0n) is 8.52. The van der Waals surface area contributed by atoms with E-state index in [4.69, 9.17) is 0 Å². The van der Waals surface area contributed by atoms with Crippen LogP contribution in [0.25, 0.3) is 0 Å². The first-order valence-electron chi connectivity index (χ1n) is 5.28. The monoisotopic (exact) mass is 253 g/mol. The summed E-state index contributed by atoms with van der Waals surface area (Å²) in [6, 6.07) is 6.54. The van der Waals surface area contributed by atoms with Gasteiger partial charge < -0.3 is 5.32 Å². The molecule has 0 heterocycles. The van der Waals surface area contributed by atoms with Gasteiger partial charge in [-0.05, 0) is 49.0 Å². The van der Waals surface area contributed by atoms with Gasteiger partial charge in [0.05, 0.1) is 0 Å². The lowest BCUT2D eigenvalue weighted by Crippen LogP contribution is -2.22. The minimum absolute atomic E-state index is 0.795.